The molecule has 0 atom stereocenters. The molecular weight excluding hydrogens is 294 g/mol. The summed E-state index contributed by atoms with van der Waals surface area (Å²) in [7, 11) is 0. The van der Waals surface area contributed by atoms with Crippen LogP contribution in [0.1, 0.15) is 33.5 Å². The van der Waals surface area contributed by atoms with E-state index in [4.69, 9.17) is 21.1 Å². The van der Waals surface area contributed by atoms with Crippen molar-refractivity contribution in [3.63, 3.8) is 0 Å². The number of pyridine rings is 1. The molecule has 0 radical (unpaired) electrons. The standard InChI is InChI=1S/C15H16ClNO4/c1-3-20-15(19)13-9-11(14(18)21-8-7-16)12-6-4-5-10(2)17(12)13/h4-6,9H,3,7-8H2,1-2H3. The van der Waals surface area contributed by atoms with Crippen LogP contribution in [0.25, 0.3) is 5.52 Å². The predicted octanol–water partition coefficient (Wildman–Crippen LogP) is 2.82. The van der Waals surface area contributed by atoms with Crippen LogP contribution in [0.2, 0.25) is 0 Å². The van der Waals surface area contributed by atoms with E-state index in [0.29, 0.717) is 16.8 Å². The molecule has 0 aromatic carbocycles. The molecular formula is C15H16ClNO4. The first-order chi connectivity index (χ1) is 10.1. The van der Waals surface area contributed by atoms with Crippen LogP contribution in [0.15, 0.2) is 24.3 Å². The van der Waals surface area contributed by atoms with Gasteiger partial charge in [0.05, 0.1) is 23.6 Å². The molecule has 6 heteroatoms. The number of aromatic nitrogens is 1. The lowest BCUT2D eigenvalue weighted by atomic mass is 10.2. The summed E-state index contributed by atoms with van der Waals surface area (Å²) in [6, 6.07) is 6.92. The summed E-state index contributed by atoms with van der Waals surface area (Å²) in [4.78, 5) is 24.1. The zero-order valence-corrected chi connectivity index (χ0v) is 12.6. The van der Waals surface area contributed by atoms with Crippen molar-refractivity contribution in [1.82, 2.24) is 4.40 Å². The zero-order chi connectivity index (χ0) is 15.4. The van der Waals surface area contributed by atoms with Gasteiger partial charge < -0.3 is 13.9 Å². The molecule has 2 heterocycles. The fraction of sp³-hybridized carbons (Fsp3) is 0.333. The van der Waals surface area contributed by atoms with Gasteiger partial charge in [0.1, 0.15) is 12.3 Å². The maximum absolute atomic E-state index is 12.1. The molecule has 2 rings (SSSR count). The van der Waals surface area contributed by atoms with Gasteiger partial charge in [0.25, 0.3) is 0 Å². The number of halogens is 1. The Kier molecular flexibility index (Phi) is 4.85. The number of carbonyl (C=O) groups is 2. The van der Waals surface area contributed by atoms with Crippen molar-refractivity contribution in [2.75, 3.05) is 19.1 Å². The SMILES string of the molecule is CCOC(=O)c1cc(C(=O)OCCCl)c2cccc(C)n12. The van der Waals surface area contributed by atoms with Crippen LogP contribution in [0, 0.1) is 6.92 Å². The number of ether oxygens (including phenoxy) is 2. The average Bonchev–Trinajstić information content (AvgIpc) is 2.86. The highest BCUT2D eigenvalue weighted by molar-refractivity contribution is 6.18. The Balaban J connectivity index is 2.55. The van der Waals surface area contributed by atoms with Crippen LogP contribution in [-0.2, 0) is 9.47 Å². The van der Waals surface area contributed by atoms with Crippen molar-refractivity contribution in [3.8, 4) is 0 Å². The molecule has 5 nitrogen and oxygen atoms in total. The number of fused-ring (bicyclic) bond motifs is 1. The molecule has 0 fully saturated rings. The summed E-state index contributed by atoms with van der Waals surface area (Å²) in [5.41, 5.74) is 2.07. The van der Waals surface area contributed by atoms with E-state index in [2.05, 4.69) is 0 Å². The number of hydrogen-bond acceptors (Lipinski definition) is 4. The van der Waals surface area contributed by atoms with E-state index < -0.39 is 11.9 Å². The second kappa shape index (κ2) is 6.63. The van der Waals surface area contributed by atoms with Crippen LogP contribution in [0.4, 0.5) is 0 Å². The molecule has 21 heavy (non-hydrogen) atoms. The molecule has 112 valence electrons. The smallest absolute Gasteiger partial charge is 0.355 e. The fourth-order valence-corrected chi connectivity index (χ4v) is 2.23. The Morgan fingerprint density at radius 3 is 2.67 bits per heavy atom. The van der Waals surface area contributed by atoms with Gasteiger partial charge in [-0.05, 0) is 32.0 Å². The summed E-state index contributed by atoms with van der Waals surface area (Å²) in [6.45, 7) is 3.97. The third-order valence-corrected chi connectivity index (χ3v) is 3.15. The summed E-state index contributed by atoms with van der Waals surface area (Å²) < 4.78 is 11.8. The minimum absolute atomic E-state index is 0.123. The van der Waals surface area contributed by atoms with Crippen molar-refractivity contribution < 1.29 is 19.1 Å². The second-order valence-corrected chi connectivity index (χ2v) is 4.75. The molecule has 0 bridgehead atoms. The van der Waals surface area contributed by atoms with E-state index in [0.717, 1.165) is 5.69 Å². The predicted molar refractivity (Wildman–Crippen MR) is 79.1 cm³/mol. The quantitative estimate of drug-likeness (QED) is 0.629. The molecule has 0 unspecified atom stereocenters. The Morgan fingerprint density at radius 2 is 2.00 bits per heavy atom. The normalized spacial score (nSPS) is 10.6. The number of rotatable bonds is 5. The number of hydrogen-bond donors (Lipinski definition) is 0. The van der Waals surface area contributed by atoms with E-state index in [1.807, 2.05) is 19.1 Å². The molecule has 2 aromatic heterocycles. The number of carbonyl (C=O) groups excluding carboxylic acids is 2. The first-order valence-electron chi connectivity index (χ1n) is 6.61. The molecule has 2 aromatic rings. The number of aryl methyl sites for hydroxylation is 1. The first kappa shape index (κ1) is 15.4. The lowest BCUT2D eigenvalue weighted by Crippen LogP contribution is -2.09. The monoisotopic (exact) mass is 309 g/mol. The topological polar surface area (TPSA) is 57.0 Å². The maximum atomic E-state index is 12.1. The third-order valence-electron chi connectivity index (χ3n) is 3.00. The van der Waals surface area contributed by atoms with Gasteiger partial charge in [0.15, 0.2) is 0 Å². The molecule has 0 amide bonds. The third kappa shape index (κ3) is 3.03. The van der Waals surface area contributed by atoms with Gasteiger partial charge in [0, 0.05) is 5.69 Å². The second-order valence-electron chi connectivity index (χ2n) is 4.38. The van der Waals surface area contributed by atoms with Crippen molar-refractivity contribution in [3.05, 3.63) is 41.2 Å². The Hall–Kier alpha value is -2.01. The van der Waals surface area contributed by atoms with Gasteiger partial charge >= 0.3 is 11.9 Å². The fourth-order valence-electron chi connectivity index (χ4n) is 2.15. The van der Waals surface area contributed by atoms with Gasteiger partial charge in [-0.1, -0.05) is 6.07 Å². The van der Waals surface area contributed by atoms with Crippen LogP contribution >= 0.6 is 11.6 Å². The molecule has 0 saturated heterocycles. The van der Waals surface area contributed by atoms with Crippen LogP contribution in [-0.4, -0.2) is 35.4 Å². The Morgan fingerprint density at radius 1 is 1.24 bits per heavy atom. The summed E-state index contributed by atoms with van der Waals surface area (Å²) in [6.07, 6.45) is 0. The van der Waals surface area contributed by atoms with Gasteiger partial charge in [-0.3, -0.25) is 0 Å². The Labute approximate surface area is 127 Å². The molecule has 0 N–H and O–H groups in total. The molecule has 0 spiro atoms. The van der Waals surface area contributed by atoms with Gasteiger partial charge in [-0.25, -0.2) is 9.59 Å². The minimum Gasteiger partial charge on any atom is -0.461 e. The van der Waals surface area contributed by atoms with Gasteiger partial charge in [-0.2, -0.15) is 0 Å². The van der Waals surface area contributed by atoms with E-state index in [-0.39, 0.29) is 19.1 Å². The van der Waals surface area contributed by atoms with Crippen molar-refractivity contribution >= 4 is 29.1 Å². The highest BCUT2D eigenvalue weighted by atomic mass is 35.5. The lowest BCUT2D eigenvalue weighted by Gasteiger charge is -2.06. The summed E-state index contributed by atoms with van der Waals surface area (Å²) >= 11 is 5.52. The van der Waals surface area contributed by atoms with Crippen molar-refractivity contribution in [2.24, 2.45) is 0 Å². The van der Waals surface area contributed by atoms with E-state index in [1.54, 1.807) is 17.4 Å². The molecule has 0 saturated carbocycles. The van der Waals surface area contributed by atoms with E-state index in [9.17, 15) is 9.59 Å². The average molecular weight is 310 g/mol. The van der Waals surface area contributed by atoms with Crippen LogP contribution in [0.5, 0.6) is 0 Å². The molecule has 0 aliphatic carbocycles. The highest BCUT2D eigenvalue weighted by Gasteiger charge is 2.21. The number of alkyl halides is 1. The van der Waals surface area contributed by atoms with Crippen molar-refractivity contribution in [1.29, 1.82) is 0 Å². The minimum atomic E-state index is -0.505. The van der Waals surface area contributed by atoms with Crippen molar-refractivity contribution in [2.45, 2.75) is 13.8 Å². The molecule has 0 aliphatic rings. The summed E-state index contributed by atoms with van der Waals surface area (Å²) in [5, 5.41) is 0. The molecule has 0 aliphatic heterocycles. The van der Waals surface area contributed by atoms with Gasteiger partial charge in [-0.15, -0.1) is 11.6 Å². The maximum Gasteiger partial charge on any atom is 0.355 e. The highest BCUT2D eigenvalue weighted by Crippen LogP contribution is 2.21. The largest absolute Gasteiger partial charge is 0.461 e. The lowest BCUT2D eigenvalue weighted by molar-refractivity contribution is 0.0517. The van der Waals surface area contributed by atoms with Crippen LogP contribution in [0.3, 0.4) is 0 Å². The zero-order valence-electron chi connectivity index (χ0n) is 11.9. The van der Waals surface area contributed by atoms with Gasteiger partial charge in [0.2, 0.25) is 0 Å². The number of esters is 2. The number of nitrogens with zero attached hydrogens (tertiary/aromatic N) is 1. The first-order valence-corrected chi connectivity index (χ1v) is 7.14. The summed E-state index contributed by atoms with van der Waals surface area (Å²) in [5.74, 6) is -0.756. The van der Waals surface area contributed by atoms with E-state index >= 15 is 0 Å². The Bertz CT molecular complexity index is 678. The van der Waals surface area contributed by atoms with E-state index in [1.165, 1.54) is 6.07 Å². The van der Waals surface area contributed by atoms with Crippen LogP contribution < -0.4 is 0 Å².